The maximum atomic E-state index is 13.9. The first-order chi connectivity index (χ1) is 16.0. The summed E-state index contributed by atoms with van der Waals surface area (Å²) >= 11 is 9.75. The van der Waals surface area contributed by atoms with Gasteiger partial charge in [-0.1, -0.05) is 23.7 Å². The highest BCUT2D eigenvalue weighted by Crippen LogP contribution is 2.38. The highest BCUT2D eigenvalue weighted by molar-refractivity contribution is 9.10. The van der Waals surface area contributed by atoms with Crippen molar-refractivity contribution in [1.29, 1.82) is 0 Å². The minimum Gasteiger partial charge on any atom is -0.493 e. The molecular formula is C26H22BrClN2O3. The number of hydrogen-bond donors (Lipinski definition) is 0. The van der Waals surface area contributed by atoms with E-state index in [1.165, 1.54) is 0 Å². The number of hydrogen-bond acceptors (Lipinski definition) is 4. The van der Waals surface area contributed by atoms with Crippen molar-refractivity contribution in [3.8, 4) is 5.75 Å². The molecule has 0 saturated carbocycles. The number of aromatic nitrogens is 1. The van der Waals surface area contributed by atoms with E-state index in [2.05, 4.69) is 27.0 Å². The predicted octanol–water partition coefficient (Wildman–Crippen LogP) is 6.74. The third kappa shape index (κ3) is 3.91. The smallest absolute Gasteiger partial charge is 0.290 e. The molecule has 1 aliphatic rings. The summed E-state index contributed by atoms with van der Waals surface area (Å²) in [6, 6.07) is 13.3. The molecular weight excluding hydrogens is 504 g/mol. The first kappa shape index (κ1) is 22.0. The molecule has 5 rings (SSSR count). The lowest BCUT2D eigenvalue weighted by Gasteiger charge is -2.31. The van der Waals surface area contributed by atoms with Gasteiger partial charge in [-0.2, -0.15) is 0 Å². The van der Waals surface area contributed by atoms with Gasteiger partial charge in [0, 0.05) is 41.3 Å². The SMILES string of the molecule is CCN(C(=O)c1oc2c(Br)cc(Cl)cc2c1C)C(c1cccnc1)c1ccc2c(c1)CCO2. The van der Waals surface area contributed by atoms with E-state index < -0.39 is 0 Å². The van der Waals surface area contributed by atoms with Crippen LogP contribution in [0.3, 0.4) is 0 Å². The van der Waals surface area contributed by atoms with Crippen molar-refractivity contribution >= 4 is 44.4 Å². The standard InChI is InChI=1S/C26H22BrClN2O3/c1-3-30(26(31)24-15(2)20-12-19(28)13-21(27)25(20)33-24)23(18-5-4-9-29-14-18)17-6-7-22-16(11-17)8-10-32-22/h4-7,9,11-14,23H,3,8,10H2,1-2H3. The molecule has 1 atom stereocenters. The Morgan fingerprint density at radius 1 is 1.24 bits per heavy atom. The molecule has 0 N–H and O–H groups in total. The van der Waals surface area contributed by atoms with Crippen LogP contribution in [0.4, 0.5) is 0 Å². The number of carbonyl (C=O) groups excluding carboxylic acids is 1. The van der Waals surface area contributed by atoms with E-state index in [0.717, 1.165) is 44.3 Å². The molecule has 4 aromatic rings. The van der Waals surface area contributed by atoms with Crippen LogP contribution in [0.5, 0.6) is 5.75 Å². The number of benzene rings is 2. The monoisotopic (exact) mass is 524 g/mol. The van der Waals surface area contributed by atoms with Crippen LogP contribution in [0, 0.1) is 6.92 Å². The Hall–Kier alpha value is -2.83. The van der Waals surface area contributed by atoms with E-state index >= 15 is 0 Å². The summed E-state index contributed by atoms with van der Waals surface area (Å²) in [5.74, 6) is 1.04. The van der Waals surface area contributed by atoms with E-state index in [1.54, 1.807) is 12.3 Å². The molecule has 0 bridgehead atoms. The van der Waals surface area contributed by atoms with Crippen molar-refractivity contribution in [3.05, 3.63) is 92.4 Å². The number of pyridine rings is 1. The average Bonchev–Trinajstić information content (AvgIpc) is 3.42. The summed E-state index contributed by atoms with van der Waals surface area (Å²) in [6.07, 6.45) is 4.41. The maximum Gasteiger partial charge on any atom is 0.290 e. The van der Waals surface area contributed by atoms with Crippen molar-refractivity contribution in [3.63, 3.8) is 0 Å². The molecule has 0 radical (unpaired) electrons. The second kappa shape index (κ2) is 8.84. The van der Waals surface area contributed by atoms with Gasteiger partial charge >= 0.3 is 0 Å². The van der Waals surface area contributed by atoms with Crippen molar-refractivity contribution < 1.29 is 13.9 Å². The number of nitrogens with zero attached hydrogens (tertiary/aromatic N) is 2. The number of aryl methyl sites for hydroxylation is 1. The lowest BCUT2D eigenvalue weighted by Crippen LogP contribution is -2.35. The Labute approximate surface area is 205 Å². The molecule has 2 aromatic heterocycles. The maximum absolute atomic E-state index is 13.9. The third-order valence-electron chi connectivity index (χ3n) is 6.09. The van der Waals surface area contributed by atoms with Gasteiger partial charge < -0.3 is 14.1 Å². The Morgan fingerprint density at radius 3 is 2.85 bits per heavy atom. The van der Waals surface area contributed by atoms with Crippen LogP contribution < -0.4 is 4.74 Å². The van der Waals surface area contributed by atoms with Crippen LogP contribution >= 0.6 is 27.5 Å². The molecule has 7 heteroatoms. The first-order valence-electron chi connectivity index (χ1n) is 10.8. The largest absolute Gasteiger partial charge is 0.493 e. The van der Waals surface area contributed by atoms with Gasteiger partial charge in [0.2, 0.25) is 0 Å². The number of fused-ring (bicyclic) bond motifs is 2. The van der Waals surface area contributed by atoms with Crippen LogP contribution in [-0.2, 0) is 6.42 Å². The number of ether oxygens (including phenoxy) is 1. The Morgan fingerprint density at radius 2 is 2.09 bits per heavy atom. The van der Waals surface area contributed by atoms with Gasteiger partial charge in [-0.15, -0.1) is 0 Å². The average molecular weight is 526 g/mol. The van der Waals surface area contributed by atoms with Crippen molar-refractivity contribution in [2.24, 2.45) is 0 Å². The predicted molar refractivity (Wildman–Crippen MR) is 132 cm³/mol. The highest BCUT2D eigenvalue weighted by atomic mass is 79.9. The van der Waals surface area contributed by atoms with Crippen molar-refractivity contribution in [2.75, 3.05) is 13.2 Å². The van der Waals surface area contributed by atoms with Crippen LogP contribution in [-0.4, -0.2) is 28.9 Å². The number of furan rings is 1. The molecule has 1 unspecified atom stereocenters. The normalized spacial score (nSPS) is 13.6. The quantitative estimate of drug-likeness (QED) is 0.290. The molecule has 0 fully saturated rings. The molecule has 1 aliphatic heterocycles. The van der Waals surface area contributed by atoms with E-state index in [9.17, 15) is 4.79 Å². The van der Waals surface area contributed by atoms with Gasteiger partial charge in [-0.25, -0.2) is 0 Å². The molecule has 0 saturated heterocycles. The summed E-state index contributed by atoms with van der Waals surface area (Å²) in [7, 11) is 0. The van der Waals surface area contributed by atoms with Crippen molar-refractivity contribution in [1.82, 2.24) is 9.88 Å². The van der Waals surface area contributed by atoms with E-state index in [1.807, 2.05) is 55.3 Å². The number of rotatable bonds is 5. The second-order valence-corrected chi connectivity index (χ2v) is 9.36. The Bertz CT molecular complexity index is 1350. The van der Waals surface area contributed by atoms with Gasteiger partial charge in [-0.3, -0.25) is 9.78 Å². The van der Waals surface area contributed by atoms with Gasteiger partial charge in [-0.05, 0) is 76.8 Å². The summed E-state index contributed by atoms with van der Waals surface area (Å²) in [5, 5.41) is 1.40. The molecule has 3 heterocycles. The highest BCUT2D eigenvalue weighted by Gasteiger charge is 2.31. The van der Waals surface area contributed by atoms with E-state index in [-0.39, 0.29) is 11.9 Å². The summed E-state index contributed by atoms with van der Waals surface area (Å²) < 4.78 is 12.5. The topological polar surface area (TPSA) is 55.6 Å². The number of amides is 1. The molecule has 0 aliphatic carbocycles. The lowest BCUT2D eigenvalue weighted by molar-refractivity contribution is 0.0685. The number of carbonyl (C=O) groups is 1. The zero-order chi connectivity index (χ0) is 23.1. The van der Waals surface area contributed by atoms with E-state index in [4.69, 9.17) is 20.8 Å². The van der Waals surface area contributed by atoms with E-state index in [0.29, 0.717) is 29.5 Å². The van der Waals surface area contributed by atoms with Crippen molar-refractivity contribution in [2.45, 2.75) is 26.3 Å². The second-order valence-electron chi connectivity index (χ2n) is 8.07. The summed E-state index contributed by atoms with van der Waals surface area (Å²) in [4.78, 5) is 20.1. The number of halogens is 2. The Kier molecular flexibility index (Phi) is 5.89. The van der Waals surface area contributed by atoms with Crippen LogP contribution in [0.1, 0.15) is 45.8 Å². The third-order valence-corrected chi connectivity index (χ3v) is 6.90. The lowest BCUT2D eigenvalue weighted by atomic mass is 9.95. The van der Waals surface area contributed by atoms with Crippen LogP contribution in [0.2, 0.25) is 5.02 Å². The summed E-state index contributed by atoms with van der Waals surface area (Å²) in [5.41, 5.74) is 4.49. The fourth-order valence-electron chi connectivity index (χ4n) is 4.49. The minimum absolute atomic E-state index is 0.181. The van der Waals surface area contributed by atoms with Crippen LogP contribution in [0.25, 0.3) is 11.0 Å². The zero-order valence-electron chi connectivity index (χ0n) is 18.3. The first-order valence-corrected chi connectivity index (χ1v) is 12.0. The van der Waals surface area contributed by atoms with Crippen LogP contribution in [0.15, 0.2) is 63.7 Å². The zero-order valence-corrected chi connectivity index (χ0v) is 20.6. The van der Waals surface area contributed by atoms with Gasteiger partial charge in [0.05, 0.1) is 17.1 Å². The molecule has 168 valence electrons. The Balaban J connectivity index is 1.63. The fraction of sp³-hybridized carbons (Fsp3) is 0.231. The molecule has 1 amide bonds. The molecule has 0 spiro atoms. The molecule has 5 nitrogen and oxygen atoms in total. The van der Waals surface area contributed by atoms with Gasteiger partial charge in [0.1, 0.15) is 11.3 Å². The molecule has 2 aromatic carbocycles. The fourth-order valence-corrected chi connectivity index (χ4v) is 5.38. The minimum atomic E-state index is -0.318. The summed E-state index contributed by atoms with van der Waals surface area (Å²) in [6.45, 7) is 5.04. The van der Waals surface area contributed by atoms with Gasteiger partial charge in [0.15, 0.2) is 5.76 Å². The van der Waals surface area contributed by atoms with Gasteiger partial charge in [0.25, 0.3) is 5.91 Å². The molecule has 33 heavy (non-hydrogen) atoms.